The van der Waals surface area contributed by atoms with Crippen molar-refractivity contribution in [2.75, 3.05) is 0 Å². The Hall–Kier alpha value is -7.04. The first-order chi connectivity index (χ1) is 27.0. The van der Waals surface area contributed by atoms with Crippen LogP contribution >= 0.6 is 0 Å². The molecule has 0 radical (unpaired) electrons. The third kappa shape index (κ3) is 4.17. The fourth-order valence-electron chi connectivity index (χ4n) is 9.50. The van der Waals surface area contributed by atoms with Crippen LogP contribution in [0.3, 0.4) is 0 Å². The normalized spacial score (nSPS) is 13.4. The van der Waals surface area contributed by atoms with Gasteiger partial charge in [0.2, 0.25) is 0 Å². The van der Waals surface area contributed by atoms with Gasteiger partial charge in [0.15, 0.2) is 5.82 Å². The molecule has 0 spiro atoms. The van der Waals surface area contributed by atoms with Crippen LogP contribution in [0.5, 0.6) is 0 Å². The average Bonchev–Trinajstić information content (AvgIpc) is 3.82. The van der Waals surface area contributed by atoms with Gasteiger partial charge in [-0.25, -0.2) is 9.97 Å². The van der Waals surface area contributed by atoms with Crippen LogP contribution in [0.4, 0.5) is 0 Å². The first-order valence-electron chi connectivity index (χ1n) is 19.0. The molecule has 8 aromatic carbocycles. The summed E-state index contributed by atoms with van der Waals surface area (Å²) in [6, 6.07) is 61.5. The molecule has 4 nitrogen and oxygen atoms in total. The molecule has 0 saturated carbocycles. The summed E-state index contributed by atoms with van der Waals surface area (Å²) < 4.78 is 4.80. The summed E-state index contributed by atoms with van der Waals surface area (Å²) in [5.41, 5.74) is 14.5. The van der Waals surface area contributed by atoms with Crippen LogP contribution in [-0.2, 0) is 5.41 Å². The third-order valence-corrected chi connectivity index (χ3v) is 12.1. The van der Waals surface area contributed by atoms with Crippen LogP contribution in [0.2, 0.25) is 0 Å². The summed E-state index contributed by atoms with van der Waals surface area (Å²) in [5.74, 6) is 0.824. The van der Waals surface area contributed by atoms with Gasteiger partial charge >= 0.3 is 0 Å². The van der Waals surface area contributed by atoms with Gasteiger partial charge in [-0.05, 0) is 76.2 Å². The Bertz CT molecular complexity index is 3400. The number of benzene rings is 8. The van der Waals surface area contributed by atoms with Crippen molar-refractivity contribution in [1.29, 1.82) is 0 Å². The zero-order valence-electron chi connectivity index (χ0n) is 30.5. The van der Waals surface area contributed by atoms with E-state index in [0.717, 1.165) is 50.3 Å². The van der Waals surface area contributed by atoms with Gasteiger partial charge in [-0.1, -0.05) is 135 Å². The van der Waals surface area contributed by atoms with Crippen molar-refractivity contribution in [1.82, 2.24) is 19.1 Å². The maximum atomic E-state index is 5.50. The molecule has 0 N–H and O–H groups in total. The lowest BCUT2D eigenvalue weighted by atomic mass is 9.82. The molecule has 0 saturated heterocycles. The lowest BCUT2D eigenvalue weighted by molar-refractivity contribution is 0.660. The van der Waals surface area contributed by atoms with Crippen LogP contribution in [-0.4, -0.2) is 19.1 Å². The van der Waals surface area contributed by atoms with Crippen LogP contribution in [0.25, 0.3) is 99.3 Å². The molecule has 3 aromatic heterocycles. The van der Waals surface area contributed by atoms with E-state index < -0.39 is 0 Å². The number of fused-ring (bicyclic) bond motifs is 12. The minimum Gasteiger partial charge on any atom is -0.309 e. The van der Waals surface area contributed by atoms with Gasteiger partial charge in [0, 0.05) is 43.6 Å². The van der Waals surface area contributed by atoms with E-state index in [9.17, 15) is 0 Å². The fourth-order valence-corrected chi connectivity index (χ4v) is 9.50. The van der Waals surface area contributed by atoms with E-state index >= 15 is 0 Å². The minimum absolute atomic E-state index is 0.139. The van der Waals surface area contributed by atoms with E-state index in [2.05, 4.69) is 181 Å². The number of hydrogen-bond acceptors (Lipinski definition) is 2. The van der Waals surface area contributed by atoms with Crippen LogP contribution in [0.15, 0.2) is 170 Å². The van der Waals surface area contributed by atoms with Gasteiger partial charge in [0.1, 0.15) is 5.69 Å². The Morgan fingerprint density at radius 2 is 1.11 bits per heavy atom. The Morgan fingerprint density at radius 1 is 0.436 bits per heavy atom. The van der Waals surface area contributed by atoms with Gasteiger partial charge in [0.05, 0.1) is 33.1 Å². The van der Waals surface area contributed by atoms with E-state index in [1.165, 1.54) is 60.1 Å². The van der Waals surface area contributed by atoms with Gasteiger partial charge in [0.25, 0.3) is 0 Å². The smallest absolute Gasteiger partial charge is 0.165 e. The summed E-state index contributed by atoms with van der Waals surface area (Å²) in [4.78, 5) is 10.9. The predicted molar refractivity (Wildman–Crippen MR) is 229 cm³/mol. The molecule has 0 bridgehead atoms. The second-order valence-electron chi connectivity index (χ2n) is 15.4. The molecule has 55 heavy (non-hydrogen) atoms. The van der Waals surface area contributed by atoms with E-state index in [4.69, 9.17) is 9.97 Å². The minimum atomic E-state index is -0.139. The first-order valence-corrected chi connectivity index (χ1v) is 19.0. The summed E-state index contributed by atoms with van der Waals surface area (Å²) in [5, 5.41) is 7.31. The monoisotopic (exact) mass is 702 g/mol. The number of rotatable bonds is 3. The molecular weight excluding hydrogens is 669 g/mol. The highest BCUT2D eigenvalue weighted by atomic mass is 15.1. The zero-order valence-corrected chi connectivity index (χ0v) is 30.5. The molecule has 11 aromatic rings. The molecular formula is C51H34N4. The SMILES string of the molecule is CC1(C)c2ccccc2-c2ccc(-c3nc4ccccc4nc3-n3c4ccccc4c4cc5c6ccc7ccccc7c6n(-c6ccccc6)c5cc43)cc21. The average molecular weight is 703 g/mol. The quantitative estimate of drug-likeness (QED) is 0.184. The van der Waals surface area contributed by atoms with Crippen molar-refractivity contribution in [3.63, 3.8) is 0 Å². The molecule has 3 heterocycles. The molecule has 0 amide bonds. The van der Waals surface area contributed by atoms with E-state index in [-0.39, 0.29) is 5.41 Å². The third-order valence-electron chi connectivity index (χ3n) is 12.1. The lowest BCUT2D eigenvalue weighted by Crippen LogP contribution is -2.15. The van der Waals surface area contributed by atoms with Crippen LogP contribution in [0, 0.1) is 0 Å². The topological polar surface area (TPSA) is 35.6 Å². The molecule has 4 heteroatoms. The standard InChI is InChI=1S/C51H34N4/c1-51(2)41-20-10-8-18-35(41)36-26-25-32(28-42(36)51)48-50(53-44-22-12-11-21-43(44)52-48)55-45-23-13-9-19-37(45)39-29-40-38-27-24-31-14-6-7-17-34(31)49(38)54(46(40)30-47(39)55)33-15-4-3-5-16-33/h3-30H,1-2H3. The van der Waals surface area contributed by atoms with Gasteiger partial charge in [-0.3, -0.25) is 4.57 Å². The maximum absolute atomic E-state index is 5.50. The fraction of sp³-hybridized carbons (Fsp3) is 0.0588. The van der Waals surface area contributed by atoms with Crippen molar-refractivity contribution < 1.29 is 0 Å². The molecule has 12 rings (SSSR count). The number of hydrogen-bond donors (Lipinski definition) is 0. The summed E-state index contributed by atoms with van der Waals surface area (Å²) in [7, 11) is 0. The first kappa shape index (κ1) is 30.4. The largest absolute Gasteiger partial charge is 0.309 e. The molecule has 0 atom stereocenters. The zero-order chi connectivity index (χ0) is 36.4. The number of para-hydroxylation sites is 4. The Labute approximate surface area is 317 Å². The second-order valence-corrected chi connectivity index (χ2v) is 15.4. The Balaban J connectivity index is 1.21. The molecule has 1 aliphatic carbocycles. The Kier molecular flexibility index (Phi) is 6.09. The van der Waals surface area contributed by atoms with E-state index in [0.29, 0.717) is 0 Å². The van der Waals surface area contributed by atoms with Crippen LogP contribution < -0.4 is 0 Å². The summed E-state index contributed by atoms with van der Waals surface area (Å²) >= 11 is 0. The van der Waals surface area contributed by atoms with Crippen molar-refractivity contribution >= 4 is 65.4 Å². The molecule has 258 valence electrons. The highest BCUT2D eigenvalue weighted by Crippen LogP contribution is 2.50. The lowest BCUT2D eigenvalue weighted by Gasteiger charge is -2.22. The summed E-state index contributed by atoms with van der Waals surface area (Å²) in [6.45, 7) is 4.67. The second kappa shape index (κ2) is 11.0. The van der Waals surface area contributed by atoms with E-state index in [1.54, 1.807) is 0 Å². The van der Waals surface area contributed by atoms with Crippen molar-refractivity contribution in [3.8, 4) is 33.9 Å². The molecule has 0 aliphatic heterocycles. The van der Waals surface area contributed by atoms with E-state index in [1.807, 2.05) is 12.1 Å². The van der Waals surface area contributed by atoms with Gasteiger partial charge in [-0.15, -0.1) is 0 Å². The van der Waals surface area contributed by atoms with Crippen molar-refractivity contribution in [2.24, 2.45) is 0 Å². The Morgan fingerprint density at radius 3 is 1.98 bits per heavy atom. The van der Waals surface area contributed by atoms with Crippen LogP contribution in [0.1, 0.15) is 25.0 Å². The van der Waals surface area contributed by atoms with Crippen molar-refractivity contribution in [3.05, 3.63) is 181 Å². The molecule has 0 unspecified atom stereocenters. The maximum Gasteiger partial charge on any atom is 0.165 e. The van der Waals surface area contributed by atoms with Crippen molar-refractivity contribution in [2.45, 2.75) is 19.3 Å². The van der Waals surface area contributed by atoms with Gasteiger partial charge < -0.3 is 4.57 Å². The molecule has 0 fully saturated rings. The summed E-state index contributed by atoms with van der Waals surface area (Å²) in [6.07, 6.45) is 0. The highest BCUT2D eigenvalue weighted by molar-refractivity contribution is 6.23. The highest BCUT2D eigenvalue weighted by Gasteiger charge is 2.35. The molecule has 1 aliphatic rings. The number of nitrogens with zero attached hydrogens (tertiary/aromatic N) is 4. The number of aromatic nitrogens is 4. The predicted octanol–water partition coefficient (Wildman–Crippen LogP) is 13.0. The van der Waals surface area contributed by atoms with Gasteiger partial charge in [-0.2, -0.15) is 0 Å².